The van der Waals surface area contributed by atoms with Crippen LogP contribution in [0.3, 0.4) is 0 Å². The predicted octanol–water partition coefficient (Wildman–Crippen LogP) is 4.70. The number of nitrogens with one attached hydrogen (secondary N) is 2. The molecule has 1 aliphatic rings. The van der Waals surface area contributed by atoms with Gasteiger partial charge < -0.3 is 15.7 Å². The van der Waals surface area contributed by atoms with E-state index in [0.29, 0.717) is 28.7 Å². The molecule has 2 heterocycles. The first kappa shape index (κ1) is 20.5. The lowest BCUT2D eigenvalue weighted by Crippen LogP contribution is -2.27. The third-order valence-electron chi connectivity index (χ3n) is 5.41. The smallest absolute Gasteiger partial charge is 0.225 e. The molecule has 0 aliphatic heterocycles. The molecule has 3 aromatic rings. The Hall–Kier alpha value is -2.74. The molecule has 8 heteroatoms. The zero-order chi connectivity index (χ0) is 21.5. The summed E-state index contributed by atoms with van der Waals surface area (Å²) in [5.74, 6) is 0.747. The summed E-state index contributed by atoms with van der Waals surface area (Å²) in [6.07, 6.45) is 4.49. The molecule has 1 fully saturated rings. The minimum Gasteiger partial charge on any atom is -0.393 e. The summed E-state index contributed by atoms with van der Waals surface area (Å²) < 4.78 is 16.5. The molecule has 0 radical (unpaired) electrons. The van der Waals surface area contributed by atoms with Crippen molar-refractivity contribution in [3.05, 3.63) is 35.8 Å². The summed E-state index contributed by atoms with van der Waals surface area (Å²) in [5, 5.41) is 16.5. The number of fused-ring (bicyclic) bond motifs is 1. The number of aliphatic hydroxyl groups is 1. The third kappa shape index (κ3) is 4.23. The van der Waals surface area contributed by atoms with Crippen LogP contribution >= 0.6 is 0 Å². The number of anilines is 3. The molecule has 2 aromatic heterocycles. The Morgan fingerprint density at radius 3 is 2.53 bits per heavy atom. The van der Waals surface area contributed by atoms with Crippen LogP contribution in [-0.2, 0) is 0 Å². The van der Waals surface area contributed by atoms with Crippen LogP contribution in [0.4, 0.5) is 22.0 Å². The molecule has 0 atom stereocenters. The van der Waals surface area contributed by atoms with Crippen molar-refractivity contribution < 1.29 is 9.50 Å². The van der Waals surface area contributed by atoms with Gasteiger partial charge in [0.2, 0.25) is 11.9 Å². The maximum atomic E-state index is 14.5. The Labute approximate surface area is 175 Å². The zero-order valence-electron chi connectivity index (χ0n) is 17.9. The van der Waals surface area contributed by atoms with Crippen molar-refractivity contribution in [2.45, 2.75) is 71.1 Å². The zero-order valence-corrected chi connectivity index (χ0v) is 17.9. The van der Waals surface area contributed by atoms with Gasteiger partial charge in [0.1, 0.15) is 11.3 Å². The van der Waals surface area contributed by atoms with Crippen molar-refractivity contribution in [2.24, 2.45) is 0 Å². The average molecular weight is 413 g/mol. The van der Waals surface area contributed by atoms with Crippen molar-refractivity contribution in [3.8, 4) is 0 Å². The van der Waals surface area contributed by atoms with Gasteiger partial charge in [0, 0.05) is 11.6 Å². The quantitative estimate of drug-likeness (QED) is 0.575. The first-order chi connectivity index (χ1) is 14.2. The van der Waals surface area contributed by atoms with Gasteiger partial charge in [-0.3, -0.25) is 4.57 Å². The van der Waals surface area contributed by atoms with E-state index in [1.54, 1.807) is 12.3 Å². The second-order valence-corrected chi connectivity index (χ2v) is 9.10. The number of nitrogens with zero attached hydrogens (tertiary/aromatic N) is 4. The van der Waals surface area contributed by atoms with Crippen LogP contribution in [0.25, 0.3) is 11.2 Å². The number of imidazole rings is 1. The van der Waals surface area contributed by atoms with Crippen molar-refractivity contribution in [3.63, 3.8) is 0 Å². The van der Waals surface area contributed by atoms with Gasteiger partial charge in [0.15, 0.2) is 5.65 Å². The lowest BCUT2D eigenvalue weighted by atomic mass is 9.93. The van der Waals surface area contributed by atoms with E-state index in [9.17, 15) is 9.50 Å². The summed E-state index contributed by atoms with van der Waals surface area (Å²) in [7, 11) is 0. The van der Waals surface area contributed by atoms with Crippen molar-refractivity contribution in [1.82, 2.24) is 19.5 Å². The number of hydrogen-bond acceptors (Lipinski definition) is 6. The molecule has 0 amide bonds. The molecule has 4 rings (SSSR count). The lowest BCUT2D eigenvalue weighted by molar-refractivity contribution is 0.112. The van der Waals surface area contributed by atoms with Crippen LogP contribution < -0.4 is 10.6 Å². The SMILES string of the molecule is Cc1cccc(F)c1Nc1nc2cnc(NC(C)(C)C)nc2n1C1CCC(O)CC1. The van der Waals surface area contributed by atoms with E-state index in [1.807, 2.05) is 38.3 Å². The minimum atomic E-state index is -0.325. The highest BCUT2D eigenvalue weighted by molar-refractivity contribution is 5.77. The lowest BCUT2D eigenvalue weighted by Gasteiger charge is -2.28. The number of aromatic nitrogens is 4. The Morgan fingerprint density at radius 2 is 1.87 bits per heavy atom. The molecule has 0 spiro atoms. The topological polar surface area (TPSA) is 87.9 Å². The van der Waals surface area contributed by atoms with E-state index in [1.165, 1.54) is 6.07 Å². The first-order valence-corrected chi connectivity index (χ1v) is 10.4. The molecule has 0 saturated heterocycles. The van der Waals surface area contributed by atoms with Gasteiger partial charge in [0.25, 0.3) is 0 Å². The highest BCUT2D eigenvalue weighted by Crippen LogP contribution is 2.35. The molecule has 30 heavy (non-hydrogen) atoms. The van der Waals surface area contributed by atoms with E-state index < -0.39 is 0 Å². The number of aryl methyl sites for hydroxylation is 1. The summed E-state index contributed by atoms with van der Waals surface area (Å²) in [4.78, 5) is 13.8. The van der Waals surface area contributed by atoms with Crippen molar-refractivity contribution in [1.29, 1.82) is 0 Å². The maximum Gasteiger partial charge on any atom is 0.225 e. The number of aliphatic hydroxyl groups excluding tert-OH is 1. The number of benzene rings is 1. The van der Waals surface area contributed by atoms with Gasteiger partial charge in [-0.05, 0) is 65.0 Å². The fraction of sp³-hybridized carbons (Fsp3) is 0.500. The van der Waals surface area contributed by atoms with Gasteiger partial charge in [-0.15, -0.1) is 0 Å². The van der Waals surface area contributed by atoms with E-state index in [2.05, 4.69) is 15.6 Å². The van der Waals surface area contributed by atoms with E-state index >= 15 is 0 Å². The van der Waals surface area contributed by atoms with E-state index in [-0.39, 0.29) is 23.5 Å². The molecule has 1 aliphatic carbocycles. The van der Waals surface area contributed by atoms with Crippen molar-refractivity contribution in [2.75, 3.05) is 10.6 Å². The highest BCUT2D eigenvalue weighted by Gasteiger charge is 2.27. The van der Waals surface area contributed by atoms with Gasteiger partial charge in [-0.1, -0.05) is 12.1 Å². The molecule has 3 N–H and O–H groups in total. The predicted molar refractivity (Wildman–Crippen MR) is 117 cm³/mol. The second-order valence-electron chi connectivity index (χ2n) is 9.10. The van der Waals surface area contributed by atoms with Crippen LogP contribution in [0.5, 0.6) is 0 Å². The number of halogens is 1. The minimum absolute atomic E-state index is 0.116. The number of para-hydroxylation sites is 1. The average Bonchev–Trinajstić information content (AvgIpc) is 3.01. The normalized spacial score (nSPS) is 19.8. The largest absolute Gasteiger partial charge is 0.393 e. The van der Waals surface area contributed by atoms with Gasteiger partial charge in [-0.2, -0.15) is 4.98 Å². The van der Waals surface area contributed by atoms with Crippen molar-refractivity contribution >= 4 is 28.7 Å². The molecular weight excluding hydrogens is 383 g/mol. The Bertz CT molecular complexity index is 1030. The molecular formula is C22H29FN6O. The molecule has 1 aromatic carbocycles. The Morgan fingerprint density at radius 1 is 1.13 bits per heavy atom. The van der Waals surface area contributed by atoms with Crippen LogP contribution in [-0.4, -0.2) is 36.3 Å². The highest BCUT2D eigenvalue weighted by atomic mass is 19.1. The molecule has 7 nitrogen and oxygen atoms in total. The van der Waals surface area contributed by atoms with Crippen LogP contribution in [0.15, 0.2) is 24.4 Å². The molecule has 0 unspecified atom stereocenters. The summed E-state index contributed by atoms with van der Waals surface area (Å²) in [6, 6.07) is 5.10. The number of rotatable bonds is 4. The summed E-state index contributed by atoms with van der Waals surface area (Å²) in [6.45, 7) is 8.01. The fourth-order valence-corrected chi connectivity index (χ4v) is 3.94. The van der Waals surface area contributed by atoms with Gasteiger partial charge in [0.05, 0.1) is 18.0 Å². The Balaban J connectivity index is 1.81. The van der Waals surface area contributed by atoms with Gasteiger partial charge in [-0.25, -0.2) is 14.4 Å². The third-order valence-corrected chi connectivity index (χ3v) is 5.41. The van der Waals surface area contributed by atoms with Gasteiger partial charge >= 0.3 is 0 Å². The molecule has 160 valence electrons. The second kappa shape index (κ2) is 7.83. The van der Waals surface area contributed by atoms with Crippen LogP contribution in [0.2, 0.25) is 0 Å². The molecule has 0 bridgehead atoms. The Kier molecular flexibility index (Phi) is 5.36. The van der Waals surface area contributed by atoms with Crippen LogP contribution in [0.1, 0.15) is 58.1 Å². The summed E-state index contributed by atoms with van der Waals surface area (Å²) >= 11 is 0. The summed E-state index contributed by atoms with van der Waals surface area (Å²) in [5.41, 5.74) is 2.38. The van der Waals surface area contributed by atoms with E-state index in [4.69, 9.17) is 9.97 Å². The fourth-order valence-electron chi connectivity index (χ4n) is 3.94. The standard InChI is InChI=1S/C22H29FN6O/c1-13-6-5-7-16(23)18(13)26-21-25-17-12-24-20(28-22(2,3)4)27-19(17)29(21)14-8-10-15(30)11-9-14/h5-7,12,14-15,30H,8-11H2,1-4H3,(H,25,26)(H,24,27,28). The molecule has 1 saturated carbocycles. The number of hydrogen-bond donors (Lipinski definition) is 3. The first-order valence-electron chi connectivity index (χ1n) is 10.4. The maximum absolute atomic E-state index is 14.5. The monoisotopic (exact) mass is 412 g/mol. The van der Waals surface area contributed by atoms with Crippen LogP contribution in [0, 0.1) is 12.7 Å². The van der Waals surface area contributed by atoms with E-state index in [0.717, 1.165) is 31.2 Å².